The lowest BCUT2D eigenvalue weighted by atomic mass is 9.64. The number of nitrogen functional groups attached to an aromatic ring is 1. The van der Waals surface area contributed by atoms with Gasteiger partial charge in [-0.1, -0.05) is 35.8 Å². The van der Waals surface area contributed by atoms with Gasteiger partial charge in [0.2, 0.25) is 5.95 Å². The third-order valence-corrected chi connectivity index (χ3v) is 8.13. The van der Waals surface area contributed by atoms with Crippen molar-refractivity contribution in [1.29, 1.82) is 0 Å². The standard InChI is InChI=1S/C30H34N8O3/c1-2-40-26(39)10-13-37-14-16-38(17-15-37)25-9-6-22(18-32-25)27-35-28(36-41-27)30(11-3-12-30)24-7-4-21(5-8-24)23-19-33-29(31)34-20-23/h4-9,18-20H,2-3,10-17H2,1H3,(H2,31,33,34). The fourth-order valence-electron chi connectivity index (χ4n) is 5.56. The molecule has 2 fully saturated rings. The molecule has 0 spiro atoms. The SMILES string of the molecule is CCOC(=O)CCN1CCN(c2ccc(-c3nc(C4(c5ccc(-c6cnc(N)nc6)cc5)CCC4)no3)cn2)CC1. The van der Waals surface area contributed by atoms with Crippen LogP contribution in [0, 0.1) is 0 Å². The van der Waals surface area contributed by atoms with Gasteiger partial charge in [-0.05, 0) is 43.0 Å². The summed E-state index contributed by atoms with van der Waals surface area (Å²) < 4.78 is 10.8. The van der Waals surface area contributed by atoms with Gasteiger partial charge in [-0.25, -0.2) is 15.0 Å². The number of carbonyl (C=O) groups excluding carboxylic acids is 1. The van der Waals surface area contributed by atoms with E-state index < -0.39 is 0 Å². The number of nitrogens with zero attached hydrogens (tertiary/aromatic N) is 7. The monoisotopic (exact) mass is 554 g/mol. The first-order valence-electron chi connectivity index (χ1n) is 14.2. The Balaban J connectivity index is 1.10. The zero-order chi connectivity index (χ0) is 28.2. The van der Waals surface area contributed by atoms with Crippen molar-refractivity contribution in [2.75, 3.05) is 50.0 Å². The number of pyridine rings is 1. The Morgan fingerprint density at radius 1 is 0.951 bits per heavy atom. The van der Waals surface area contributed by atoms with Crippen LogP contribution in [0.1, 0.15) is 44.0 Å². The third-order valence-electron chi connectivity index (χ3n) is 8.13. The molecule has 212 valence electrons. The summed E-state index contributed by atoms with van der Waals surface area (Å²) in [6.45, 7) is 6.45. The maximum atomic E-state index is 11.6. The van der Waals surface area contributed by atoms with Crippen LogP contribution >= 0.6 is 0 Å². The fraction of sp³-hybridized carbons (Fsp3) is 0.400. The number of nitrogens with two attached hydrogens (primary N) is 1. The van der Waals surface area contributed by atoms with Gasteiger partial charge in [-0.3, -0.25) is 9.69 Å². The van der Waals surface area contributed by atoms with Crippen molar-refractivity contribution in [1.82, 2.24) is 30.0 Å². The quantitative estimate of drug-likeness (QED) is 0.303. The van der Waals surface area contributed by atoms with E-state index in [0.29, 0.717) is 24.7 Å². The van der Waals surface area contributed by atoms with Crippen molar-refractivity contribution in [2.24, 2.45) is 0 Å². The van der Waals surface area contributed by atoms with E-state index in [0.717, 1.165) is 74.5 Å². The minimum absolute atomic E-state index is 0.137. The number of carbonyl (C=O) groups is 1. The number of ether oxygens (including phenoxy) is 1. The van der Waals surface area contributed by atoms with Crippen LogP contribution in [0.25, 0.3) is 22.6 Å². The second-order valence-electron chi connectivity index (χ2n) is 10.6. The van der Waals surface area contributed by atoms with E-state index in [-0.39, 0.29) is 17.3 Å². The molecule has 2 N–H and O–H groups in total. The summed E-state index contributed by atoms with van der Waals surface area (Å²) in [7, 11) is 0. The molecule has 11 heteroatoms. The van der Waals surface area contributed by atoms with Crippen LogP contribution in [-0.4, -0.2) is 75.3 Å². The van der Waals surface area contributed by atoms with E-state index in [1.54, 1.807) is 18.6 Å². The number of hydrogen-bond donors (Lipinski definition) is 1. The predicted molar refractivity (Wildman–Crippen MR) is 154 cm³/mol. The van der Waals surface area contributed by atoms with Crippen molar-refractivity contribution in [3.63, 3.8) is 0 Å². The van der Waals surface area contributed by atoms with Gasteiger partial charge in [0.1, 0.15) is 5.82 Å². The third kappa shape index (κ3) is 5.62. The van der Waals surface area contributed by atoms with E-state index in [4.69, 9.17) is 25.0 Å². The van der Waals surface area contributed by atoms with Crippen LogP contribution in [-0.2, 0) is 14.9 Å². The van der Waals surface area contributed by atoms with Crippen molar-refractivity contribution in [2.45, 2.75) is 38.0 Å². The maximum absolute atomic E-state index is 11.6. The van der Waals surface area contributed by atoms with Gasteiger partial charge in [-0.15, -0.1) is 0 Å². The number of anilines is 2. The Kier molecular flexibility index (Phi) is 7.60. The van der Waals surface area contributed by atoms with Gasteiger partial charge >= 0.3 is 5.97 Å². The molecule has 1 saturated heterocycles. The highest BCUT2D eigenvalue weighted by Gasteiger charge is 2.44. The predicted octanol–water partition coefficient (Wildman–Crippen LogP) is 3.72. The number of benzene rings is 1. The summed E-state index contributed by atoms with van der Waals surface area (Å²) in [5, 5.41) is 4.42. The van der Waals surface area contributed by atoms with E-state index >= 15 is 0 Å². The molecule has 1 aliphatic carbocycles. The lowest BCUT2D eigenvalue weighted by Crippen LogP contribution is -2.47. The minimum Gasteiger partial charge on any atom is -0.466 e. The Morgan fingerprint density at radius 3 is 2.29 bits per heavy atom. The van der Waals surface area contributed by atoms with Crippen LogP contribution < -0.4 is 10.6 Å². The first kappa shape index (κ1) is 26.8. The van der Waals surface area contributed by atoms with E-state index in [9.17, 15) is 4.79 Å². The summed E-state index contributed by atoms with van der Waals surface area (Å²) in [5.74, 6) is 2.23. The zero-order valence-corrected chi connectivity index (χ0v) is 23.2. The van der Waals surface area contributed by atoms with Gasteiger partial charge < -0.3 is 19.9 Å². The molecule has 0 bridgehead atoms. The van der Waals surface area contributed by atoms with Crippen LogP contribution in [0.4, 0.5) is 11.8 Å². The largest absolute Gasteiger partial charge is 0.466 e. The van der Waals surface area contributed by atoms with Gasteiger partial charge in [0, 0.05) is 56.9 Å². The highest BCUT2D eigenvalue weighted by Crippen LogP contribution is 2.48. The summed E-state index contributed by atoms with van der Waals surface area (Å²) in [6.07, 6.45) is 8.75. The minimum atomic E-state index is -0.252. The topological polar surface area (TPSA) is 136 Å². The lowest BCUT2D eigenvalue weighted by Gasteiger charge is -2.39. The molecule has 4 aromatic rings. The van der Waals surface area contributed by atoms with Crippen molar-refractivity contribution >= 4 is 17.7 Å². The first-order valence-corrected chi connectivity index (χ1v) is 14.2. The van der Waals surface area contributed by atoms with E-state index in [1.807, 2.05) is 19.1 Å². The summed E-state index contributed by atoms with van der Waals surface area (Å²) in [6, 6.07) is 12.4. The molecule has 4 heterocycles. The molecular weight excluding hydrogens is 520 g/mol. The van der Waals surface area contributed by atoms with Crippen LogP contribution in [0.2, 0.25) is 0 Å². The normalized spacial score (nSPS) is 16.8. The molecule has 1 saturated carbocycles. The van der Waals surface area contributed by atoms with E-state index in [1.165, 1.54) is 5.56 Å². The summed E-state index contributed by atoms with van der Waals surface area (Å²) >= 11 is 0. The highest BCUT2D eigenvalue weighted by atomic mass is 16.5. The average Bonchev–Trinajstić information content (AvgIpc) is 3.47. The molecule has 2 aliphatic rings. The van der Waals surface area contributed by atoms with Gasteiger partial charge in [0.25, 0.3) is 5.89 Å². The fourth-order valence-corrected chi connectivity index (χ4v) is 5.56. The number of hydrogen-bond acceptors (Lipinski definition) is 11. The second-order valence-corrected chi connectivity index (χ2v) is 10.6. The maximum Gasteiger partial charge on any atom is 0.307 e. The molecule has 6 rings (SSSR count). The van der Waals surface area contributed by atoms with E-state index in [2.05, 4.69) is 49.2 Å². The number of esters is 1. The molecule has 0 radical (unpaired) electrons. The Morgan fingerprint density at radius 2 is 1.66 bits per heavy atom. The molecule has 1 aliphatic heterocycles. The van der Waals surface area contributed by atoms with Crippen LogP contribution in [0.5, 0.6) is 0 Å². The Labute approximate surface area is 238 Å². The second kappa shape index (κ2) is 11.6. The lowest BCUT2D eigenvalue weighted by molar-refractivity contribution is -0.143. The number of rotatable bonds is 9. The molecule has 0 amide bonds. The molecule has 41 heavy (non-hydrogen) atoms. The molecule has 0 atom stereocenters. The summed E-state index contributed by atoms with van der Waals surface area (Å²) in [4.78, 5) is 33.9. The molecular formula is C30H34N8O3. The van der Waals surface area contributed by atoms with Gasteiger partial charge in [-0.2, -0.15) is 4.98 Å². The molecule has 1 aromatic carbocycles. The van der Waals surface area contributed by atoms with Crippen molar-refractivity contribution in [3.05, 3.63) is 66.4 Å². The van der Waals surface area contributed by atoms with Gasteiger partial charge in [0.15, 0.2) is 5.82 Å². The molecule has 0 unspecified atom stereocenters. The molecule has 11 nitrogen and oxygen atoms in total. The smallest absolute Gasteiger partial charge is 0.307 e. The number of piperazine rings is 1. The van der Waals surface area contributed by atoms with Gasteiger partial charge in [0.05, 0.1) is 24.0 Å². The van der Waals surface area contributed by atoms with Crippen LogP contribution in [0.3, 0.4) is 0 Å². The summed E-state index contributed by atoms with van der Waals surface area (Å²) in [5.41, 5.74) is 9.29. The zero-order valence-electron chi connectivity index (χ0n) is 23.2. The highest BCUT2D eigenvalue weighted by molar-refractivity contribution is 5.69. The molecule has 3 aromatic heterocycles. The van der Waals surface area contributed by atoms with Crippen molar-refractivity contribution in [3.8, 4) is 22.6 Å². The Hall–Kier alpha value is -4.38. The average molecular weight is 555 g/mol. The first-order chi connectivity index (χ1) is 20.0. The van der Waals surface area contributed by atoms with Crippen molar-refractivity contribution < 1.29 is 14.1 Å². The number of aromatic nitrogens is 5. The van der Waals surface area contributed by atoms with Crippen LogP contribution in [0.15, 0.2) is 59.5 Å². The Bertz CT molecular complexity index is 1460.